The van der Waals surface area contributed by atoms with E-state index in [-0.39, 0.29) is 17.7 Å². The van der Waals surface area contributed by atoms with Crippen LogP contribution in [0.3, 0.4) is 0 Å². The van der Waals surface area contributed by atoms with Crippen molar-refractivity contribution in [2.75, 3.05) is 21.2 Å². The number of halogens is 2. The van der Waals surface area contributed by atoms with Crippen LogP contribution in [0.1, 0.15) is 31.4 Å². The predicted octanol–water partition coefficient (Wildman–Crippen LogP) is 5.01. The van der Waals surface area contributed by atoms with Gasteiger partial charge in [-0.3, -0.25) is 4.79 Å². The third-order valence-corrected chi connectivity index (χ3v) is 6.08. The normalized spacial score (nSPS) is 20.6. The van der Waals surface area contributed by atoms with Crippen molar-refractivity contribution in [2.24, 2.45) is 0 Å². The fourth-order valence-corrected chi connectivity index (χ4v) is 4.07. The molecule has 156 valence electrons. The van der Waals surface area contributed by atoms with Gasteiger partial charge >= 0.3 is 0 Å². The monoisotopic (exact) mass is 435 g/mol. The number of H-pyrrole nitrogens is 1. The van der Waals surface area contributed by atoms with Crippen molar-refractivity contribution in [1.29, 1.82) is 0 Å². The van der Waals surface area contributed by atoms with Gasteiger partial charge in [0.2, 0.25) is 0 Å². The van der Waals surface area contributed by atoms with E-state index in [0.29, 0.717) is 16.1 Å². The molecule has 1 aliphatic rings. The Morgan fingerprint density at radius 1 is 1.24 bits per heavy atom. The van der Waals surface area contributed by atoms with Crippen LogP contribution >= 0.6 is 23.2 Å². The molecule has 0 aliphatic heterocycles. The summed E-state index contributed by atoms with van der Waals surface area (Å²) in [5, 5.41) is 5.11. The van der Waals surface area contributed by atoms with Gasteiger partial charge in [-0.25, -0.2) is 0 Å². The fourth-order valence-electron chi connectivity index (χ4n) is 3.74. The molecule has 3 rings (SSSR count). The van der Waals surface area contributed by atoms with Crippen LogP contribution < -0.4 is 5.32 Å². The predicted molar refractivity (Wildman–Crippen MR) is 120 cm³/mol. The Hall–Kier alpha value is -1.95. The molecule has 2 atom stereocenters. The molecule has 2 aromatic rings. The van der Waals surface area contributed by atoms with Gasteiger partial charge in [-0.05, 0) is 70.1 Å². The van der Waals surface area contributed by atoms with Crippen LogP contribution in [0.25, 0.3) is 17.0 Å². The Morgan fingerprint density at radius 2 is 2.00 bits per heavy atom. The third kappa shape index (κ3) is 5.56. The number of methoxy groups -OCH3 is 1. The number of allylic oxidation sites excluding steroid dienone is 2. The molecular formula is C22H27Cl2N3O2. The molecule has 1 aromatic heterocycles. The van der Waals surface area contributed by atoms with Crippen molar-refractivity contribution < 1.29 is 9.53 Å². The lowest BCUT2D eigenvalue weighted by molar-refractivity contribution is -0.121. The highest BCUT2D eigenvalue weighted by molar-refractivity contribution is 6.42. The van der Waals surface area contributed by atoms with Crippen LogP contribution in [-0.4, -0.2) is 49.1 Å². The lowest BCUT2D eigenvalue weighted by Crippen LogP contribution is -2.44. The Labute approximate surface area is 181 Å². The van der Waals surface area contributed by atoms with E-state index < -0.39 is 0 Å². The highest BCUT2D eigenvalue weighted by atomic mass is 35.5. The molecule has 1 saturated carbocycles. The summed E-state index contributed by atoms with van der Waals surface area (Å²) in [5.74, 6) is 0.104. The number of ether oxygens (including phenoxy) is 1. The number of hydrogen-bond acceptors (Lipinski definition) is 3. The lowest BCUT2D eigenvalue weighted by Gasteiger charge is -2.33. The number of nitrogens with one attached hydrogen (secondary N) is 2. The van der Waals surface area contributed by atoms with Crippen LogP contribution in [0.5, 0.6) is 0 Å². The average molecular weight is 436 g/mol. The molecule has 1 aliphatic carbocycles. The summed E-state index contributed by atoms with van der Waals surface area (Å²) >= 11 is 12.1. The number of rotatable bonds is 6. The first-order valence-corrected chi connectivity index (χ1v) is 10.5. The Bertz CT molecular complexity index is 895. The maximum absolute atomic E-state index is 12.6. The second-order valence-corrected chi connectivity index (χ2v) is 8.44. The lowest BCUT2D eigenvalue weighted by atomic mass is 9.90. The van der Waals surface area contributed by atoms with Gasteiger partial charge in [-0.15, -0.1) is 0 Å². The molecular weight excluding hydrogens is 409 g/mol. The molecule has 7 heteroatoms. The minimum absolute atomic E-state index is 0.175. The number of hydrogen-bond donors (Lipinski definition) is 2. The number of carbonyl (C=O) groups excluding carboxylic acids is 1. The van der Waals surface area contributed by atoms with Crippen molar-refractivity contribution in [3.8, 4) is 0 Å². The van der Waals surface area contributed by atoms with Gasteiger partial charge in [0.05, 0.1) is 17.2 Å². The second-order valence-electron chi connectivity index (χ2n) is 7.63. The van der Waals surface area contributed by atoms with Crippen molar-refractivity contribution in [2.45, 2.75) is 37.8 Å². The molecule has 1 fully saturated rings. The Balaban J connectivity index is 1.65. The molecule has 2 unspecified atom stereocenters. The number of fused-ring (bicyclic) bond motifs is 1. The van der Waals surface area contributed by atoms with E-state index in [0.717, 1.165) is 35.9 Å². The molecule has 1 aromatic carbocycles. The van der Waals surface area contributed by atoms with E-state index in [1.807, 2.05) is 18.2 Å². The van der Waals surface area contributed by atoms with Crippen LogP contribution in [0.2, 0.25) is 10.0 Å². The topological polar surface area (TPSA) is 57.4 Å². The highest BCUT2D eigenvalue weighted by Gasteiger charge is 2.25. The highest BCUT2D eigenvalue weighted by Crippen LogP contribution is 2.28. The SMILES string of the molecule is CO/C(=C\C=C\c1cc2cc(Cl)c(Cl)cc2[nH]1)C(=O)NC1CCCC(N(C)C)C1. The summed E-state index contributed by atoms with van der Waals surface area (Å²) in [6.45, 7) is 0. The van der Waals surface area contributed by atoms with Crippen molar-refractivity contribution >= 4 is 46.1 Å². The van der Waals surface area contributed by atoms with E-state index in [1.54, 1.807) is 18.2 Å². The number of nitrogens with zero attached hydrogens (tertiary/aromatic N) is 1. The standard InChI is InChI=1S/C22H27Cl2N3O2/c1-27(2)17-8-4-6-16(12-17)26-22(28)21(29-3)9-5-7-15-10-14-11-18(23)19(24)13-20(14)25-15/h5,7,9-11,13,16-17,25H,4,6,8,12H2,1-3H3,(H,26,28)/b7-5+,21-9-. The fraction of sp³-hybridized carbons (Fsp3) is 0.409. The number of benzene rings is 1. The molecule has 1 amide bonds. The van der Waals surface area contributed by atoms with E-state index in [1.165, 1.54) is 13.5 Å². The smallest absolute Gasteiger partial charge is 0.286 e. The van der Waals surface area contributed by atoms with Gasteiger partial charge in [-0.2, -0.15) is 0 Å². The summed E-state index contributed by atoms with van der Waals surface area (Å²) in [6, 6.07) is 6.27. The summed E-state index contributed by atoms with van der Waals surface area (Å²) < 4.78 is 5.30. The van der Waals surface area contributed by atoms with E-state index >= 15 is 0 Å². The Morgan fingerprint density at radius 3 is 2.72 bits per heavy atom. The van der Waals surface area contributed by atoms with Gasteiger partial charge in [0.15, 0.2) is 5.76 Å². The van der Waals surface area contributed by atoms with Gasteiger partial charge in [0, 0.05) is 28.7 Å². The zero-order valence-corrected chi connectivity index (χ0v) is 18.5. The molecule has 0 radical (unpaired) electrons. The number of aromatic nitrogens is 1. The molecule has 5 nitrogen and oxygen atoms in total. The molecule has 0 bridgehead atoms. The quantitative estimate of drug-likeness (QED) is 0.380. The molecule has 29 heavy (non-hydrogen) atoms. The summed E-state index contributed by atoms with van der Waals surface area (Å²) in [5.41, 5.74) is 1.78. The number of amides is 1. The maximum atomic E-state index is 12.6. The van der Waals surface area contributed by atoms with E-state index in [4.69, 9.17) is 27.9 Å². The molecule has 0 saturated heterocycles. The zero-order chi connectivity index (χ0) is 21.0. The van der Waals surface area contributed by atoms with Crippen molar-refractivity contribution in [3.05, 3.63) is 51.8 Å². The third-order valence-electron chi connectivity index (χ3n) is 5.36. The maximum Gasteiger partial charge on any atom is 0.286 e. The zero-order valence-electron chi connectivity index (χ0n) is 17.0. The summed E-state index contributed by atoms with van der Waals surface area (Å²) in [7, 11) is 5.69. The van der Waals surface area contributed by atoms with Gasteiger partial charge in [0.25, 0.3) is 5.91 Å². The van der Waals surface area contributed by atoms with E-state index in [9.17, 15) is 4.79 Å². The number of carbonyl (C=O) groups is 1. The van der Waals surface area contributed by atoms with Gasteiger partial charge in [0.1, 0.15) is 0 Å². The molecule has 2 N–H and O–H groups in total. The second kappa shape index (κ2) is 9.70. The first-order chi connectivity index (χ1) is 13.9. The van der Waals surface area contributed by atoms with Gasteiger partial charge < -0.3 is 19.9 Å². The number of aromatic amines is 1. The van der Waals surface area contributed by atoms with Crippen molar-refractivity contribution in [1.82, 2.24) is 15.2 Å². The Kier molecular flexibility index (Phi) is 7.28. The van der Waals surface area contributed by atoms with Crippen molar-refractivity contribution in [3.63, 3.8) is 0 Å². The van der Waals surface area contributed by atoms with Crippen LogP contribution in [0.4, 0.5) is 0 Å². The first-order valence-electron chi connectivity index (χ1n) is 9.74. The first kappa shape index (κ1) is 21.8. The summed E-state index contributed by atoms with van der Waals surface area (Å²) in [4.78, 5) is 18.1. The molecule has 0 spiro atoms. The minimum Gasteiger partial charge on any atom is -0.491 e. The molecule has 1 heterocycles. The average Bonchev–Trinajstić information content (AvgIpc) is 3.07. The van der Waals surface area contributed by atoms with Gasteiger partial charge in [-0.1, -0.05) is 29.3 Å². The van der Waals surface area contributed by atoms with Crippen LogP contribution in [0.15, 0.2) is 36.1 Å². The van der Waals surface area contributed by atoms with Crippen LogP contribution in [-0.2, 0) is 9.53 Å². The summed E-state index contributed by atoms with van der Waals surface area (Å²) in [6.07, 6.45) is 9.60. The van der Waals surface area contributed by atoms with E-state index in [2.05, 4.69) is 29.3 Å². The van der Waals surface area contributed by atoms with Crippen LogP contribution in [0, 0.1) is 0 Å². The largest absolute Gasteiger partial charge is 0.491 e. The minimum atomic E-state index is -0.184.